The van der Waals surface area contributed by atoms with E-state index in [0.717, 1.165) is 0 Å². The van der Waals surface area contributed by atoms with Crippen molar-refractivity contribution in [2.45, 2.75) is 83.8 Å². The minimum absolute atomic E-state index is 0.474. The molecule has 2 rings (SSSR count). The minimum Gasteiger partial charge on any atom is -0.366 e. The normalized spacial score (nSPS) is 29.6. The summed E-state index contributed by atoms with van der Waals surface area (Å²) < 4.78 is 6.23. The molecule has 0 saturated carbocycles. The number of hydrogen-bond donors (Lipinski definition) is 0. The lowest BCUT2D eigenvalue weighted by Gasteiger charge is -2.17. The Morgan fingerprint density at radius 2 is 1.69 bits per heavy atom. The molecule has 0 unspecified atom stereocenters. The van der Waals surface area contributed by atoms with Gasteiger partial charge in [-0.25, -0.2) is 0 Å². The molecule has 0 aromatic rings. The maximum Gasteiger partial charge on any atom is 0.0796 e. The van der Waals surface area contributed by atoms with Crippen molar-refractivity contribution in [1.29, 1.82) is 0 Å². The molecule has 1 heterocycles. The van der Waals surface area contributed by atoms with Crippen LogP contribution in [0.5, 0.6) is 0 Å². The van der Waals surface area contributed by atoms with Crippen LogP contribution >= 0.6 is 0 Å². The first-order chi connectivity index (χ1) is 7.86. The fourth-order valence-corrected chi connectivity index (χ4v) is 3.21. The van der Waals surface area contributed by atoms with Gasteiger partial charge in [0.05, 0.1) is 12.2 Å². The van der Waals surface area contributed by atoms with Crippen LogP contribution in [0.4, 0.5) is 0 Å². The van der Waals surface area contributed by atoms with E-state index in [1.165, 1.54) is 57.8 Å². The van der Waals surface area contributed by atoms with E-state index in [4.69, 9.17) is 4.74 Å². The second-order valence-corrected chi connectivity index (χ2v) is 5.27. The summed E-state index contributed by atoms with van der Waals surface area (Å²) in [6, 6.07) is 0. The highest BCUT2D eigenvalue weighted by atomic mass is 16.5. The summed E-state index contributed by atoms with van der Waals surface area (Å²) in [4.78, 5) is 0. The highest BCUT2D eigenvalue weighted by Crippen LogP contribution is 2.40. The molecule has 0 bridgehead atoms. The maximum atomic E-state index is 6.23. The van der Waals surface area contributed by atoms with E-state index in [1.54, 1.807) is 11.1 Å². The molecule has 0 amide bonds. The van der Waals surface area contributed by atoms with Gasteiger partial charge in [0.25, 0.3) is 0 Å². The first-order valence-electron chi connectivity index (χ1n) is 7.24. The molecule has 0 aromatic heterocycles. The van der Waals surface area contributed by atoms with Crippen LogP contribution in [0.1, 0.15) is 71.6 Å². The Morgan fingerprint density at radius 3 is 2.31 bits per heavy atom. The number of unbranched alkanes of at least 4 members (excludes halogenated alkanes) is 2. The lowest BCUT2D eigenvalue weighted by Crippen LogP contribution is -2.14. The van der Waals surface area contributed by atoms with Crippen molar-refractivity contribution < 1.29 is 4.74 Å². The van der Waals surface area contributed by atoms with Crippen LogP contribution < -0.4 is 0 Å². The fraction of sp³-hybridized carbons (Fsp3) is 0.867. The Hall–Kier alpha value is -0.300. The highest BCUT2D eigenvalue weighted by molar-refractivity contribution is 5.28. The molecule has 2 aliphatic rings. The van der Waals surface area contributed by atoms with Crippen molar-refractivity contribution in [3.63, 3.8) is 0 Å². The van der Waals surface area contributed by atoms with Crippen molar-refractivity contribution in [2.24, 2.45) is 0 Å². The van der Waals surface area contributed by atoms with Crippen LogP contribution in [0, 0.1) is 0 Å². The van der Waals surface area contributed by atoms with E-state index in [0.29, 0.717) is 12.2 Å². The van der Waals surface area contributed by atoms with Crippen LogP contribution in [0.15, 0.2) is 11.1 Å². The van der Waals surface area contributed by atoms with Gasteiger partial charge in [-0.1, -0.05) is 33.1 Å². The summed E-state index contributed by atoms with van der Waals surface area (Å²) in [6.07, 6.45) is 12.8. The molecule has 0 saturated heterocycles. The Balaban J connectivity index is 1.96. The van der Waals surface area contributed by atoms with Crippen LogP contribution in [0.2, 0.25) is 0 Å². The van der Waals surface area contributed by atoms with Gasteiger partial charge >= 0.3 is 0 Å². The van der Waals surface area contributed by atoms with Gasteiger partial charge in [-0.3, -0.25) is 0 Å². The van der Waals surface area contributed by atoms with E-state index in [9.17, 15) is 0 Å². The van der Waals surface area contributed by atoms with Crippen molar-refractivity contribution in [1.82, 2.24) is 0 Å². The summed E-state index contributed by atoms with van der Waals surface area (Å²) in [5.41, 5.74) is 3.39. The van der Waals surface area contributed by atoms with Crippen molar-refractivity contribution in [3.8, 4) is 0 Å². The monoisotopic (exact) mass is 222 g/mol. The number of rotatable bonds is 5. The van der Waals surface area contributed by atoms with Crippen LogP contribution in [0.25, 0.3) is 0 Å². The van der Waals surface area contributed by atoms with Crippen molar-refractivity contribution >= 4 is 0 Å². The number of ether oxygens (including phenoxy) is 1. The molecular weight excluding hydrogens is 196 g/mol. The summed E-state index contributed by atoms with van der Waals surface area (Å²) in [5, 5.41) is 0. The average molecular weight is 222 g/mol. The van der Waals surface area contributed by atoms with E-state index in [2.05, 4.69) is 13.8 Å². The van der Waals surface area contributed by atoms with Crippen LogP contribution in [-0.4, -0.2) is 12.2 Å². The Kier molecular flexibility index (Phi) is 4.45. The molecule has 0 N–H and O–H groups in total. The summed E-state index contributed by atoms with van der Waals surface area (Å²) in [7, 11) is 0. The van der Waals surface area contributed by atoms with Gasteiger partial charge in [0.1, 0.15) is 0 Å². The van der Waals surface area contributed by atoms with Crippen molar-refractivity contribution in [3.05, 3.63) is 11.1 Å². The third-order valence-electron chi connectivity index (χ3n) is 4.10. The zero-order valence-electron chi connectivity index (χ0n) is 10.9. The summed E-state index contributed by atoms with van der Waals surface area (Å²) in [5.74, 6) is 0. The fourth-order valence-electron chi connectivity index (χ4n) is 3.21. The second-order valence-electron chi connectivity index (χ2n) is 5.27. The molecule has 1 nitrogen and oxygen atoms in total. The number of hydrogen-bond acceptors (Lipinski definition) is 1. The quantitative estimate of drug-likeness (QED) is 0.487. The molecule has 2 atom stereocenters. The SMILES string of the molecule is CCCCC[C@@H]1O[C@H](CC)C2=C1CCCC2. The molecule has 1 aliphatic heterocycles. The topological polar surface area (TPSA) is 9.23 Å². The van der Waals surface area contributed by atoms with E-state index in [1.807, 2.05) is 0 Å². The summed E-state index contributed by atoms with van der Waals surface area (Å²) in [6.45, 7) is 4.54. The van der Waals surface area contributed by atoms with Gasteiger partial charge in [0.15, 0.2) is 0 Å². The Labute approximate surface area is 100 Å². The van der Waals surface area contributed by atoms with Gasteiger partial charge in [-0.2, -0.15) is 0 Å². The first-order valence-corrected chi connectivity index (χ1v) is 7.24. The van der Waals surface area contributed by atoms with Gasteiger partial charge in [0.2, 0.25) is 0 Å². The van der Waals surface area contributed by atoms with Gasteiger partial charge < -0.3 is 4.74 Å². The van der Waals surface area contributed by atoms with E-state index < -0.39 is 0 Å². The standard InChI is InChI=1S/C15H26O/c1-3-5-6-11-15-13-10-8-7-9-12(13)14(4-2)16-15/h14-15H,3-11H2,1-2H3/t14-,15+/m1/s1. The van der Waals surface area contributed by atoms with Crippen LogP contribution in [0.3, 0.4) is 0 Å². The molecule has 1 aliphatic carbocycles. The Morgan fingerprint density at radius 1 is 1.00 bits per heavy atom. The average Bonchev–Trinajstić information content (AvgIpc) is 2.68. The minimum atomic E-state index is 0.474. The maximum absolute atomic E-state index is 6.23. The van der Waals surface area contributed by atoms with Gasteiger partial charge in [-0.15, -0.1) is 0 Å². The van der Waals surface area contributed by atoms with E-state index >= 15 is 0 Å². The lowest BCUT2D eigenvalue weighted by atomic mass is 9.86. The molecule has 0 spiro atoms. The van der Waals surface area contributed by atoms with Gasteiger partial charge in [-0.05, 0) is 49.7 Å². The molecular formula is C15H26O. The van der Waals surface area contributed by atoms with Crippen LogP contribution in [-0.2, 0) is 4.74 Å². The molecule has 92 valence electrons. The third-order valence-corrected chi connectivity index (χ3v) is 4.10. The van der Waals surface area contributed by atoms with E-state index in [-0.39, 0.29) is 0 Å². The predicted molar refractivity (Wildman–Crippen MR) is 68.6 cm³/mol. The zero-order valence-corrected chi connectivity index (χ0v) is 10.9. The largest absolute Gasteiger partial charge is 0.366 e. The second kappa shape index (κ2) is 5.86. The Bertz CT molecular complexity index is 254. The van der Waals surface area contributed by atoms with Gasteiger partial charge in [0, 0.05) is 0 Å². The lowest BCUT2D eigenvalue weighted by molar-refractivity contribution is 0.0436. The highest BCUT2D eigenvalue weighted by Gasteiger charge is 2.33. The molecule has 1 heteroatoms. The molecule has 16 heavy (non-hydrogen) atoms. The smallest absolute Gasteiger partial charge is 0.0796 e. The summed E-state index contributed by atoms with van der Waals surface area (Å²) >= 11 is 0. The molecule has 0 aromatic carbocycles. The molecule has 0 radical (unpaired) electrons. The molecule has 0 fully saturated rings. The third kappa shape index (κ3) is 2.51. The van der Waals surface area contributed by atoms with Crippen molar-refractivity contribution in [2.75, 3.05) is 0 Å². The predicted octanol–water partition coefficient (Wildman–Crippen LogP) is 4.61. The first kappa shape index (κ1) is 12.2. The zero-order chi connectivity index (χ0) is 11.4.